The fourth-order valence-corrected chi connectivity index (χ4v) is 4.34. The first kappa shape index (κ1) is 11.2. The standard InChI is InChI=1S/C2H6F6Si3/c1-9(2,10(3,4)5)11(6,7)8/h1-2H3. The zero-order valence-corrected chi connectivity index (χ0v) is 8.77. The highest BCUT2D eigenvalue weighted by atomic mass is 29.7. The summed E-state index contributed by atoms with van der Waals surface area (Å²) in [5, 5.41) is 0. The Morgan fingerprint density at radius 2 is 0.818 bits per heavy atom. The van der Waals surface area contributed by atoms with Crippen molar-refractivity contribution in [2.45, 2.75) is 13.1 Å². The van der Waals surface area contributed by atoms with E-state index in [-0.39, 0.29) is 0 Å². The first-order valence-electron chi connectivity index (χ1n) is 2.63. The second-order valence-electron chi connectivity index (χ2n) is 2.62. The quantitative estimate of drug-likeness (QED) is 0.387. The molecule has 0 amide bonds. The third-order valence-electron chi connectivity index (χ3n) is 1.42. The van der Waals surface area contributed by atoms with Crippen LogP contribution in [0.1, 0.15) is 0 Å². The molecule has 0 rings (SSSR count). The van der Waals surface area contributed by atoms with Gasteiger partial charge in [-0.15, -0.1) is 0 Å². The van der Waals surface area contributed by atoms with Crippen LogP contribution in [0, 0.1) is 0 Å². The summed E-state index contributed by atoms with van der Waals surface area (Å²) in [4.78, 5) is 0. The van der Waals surface area contributed by atoms with Gasteiger partial charge in [0.2, 0.25) is 0 Å². The Balaban J connectivity index is 4.75. The minimum absolute atomic E-state index is 0.367. The van der Waals surface area contributed by atoms with Crippen LogP contribution >= 0.6 is 0 Å². The maximum absolute atomic E-state index is 11.8. The SMILES string of the molecule is C[Si](C)([Si](F)(F)F)[Si](F)(F)F. The van der Waals surface area contributed by atoms with Gasteiger partial charge in [-0.2, -0.15) is 0 Å². The van der Waals surface area contributed by atoms with Crippen LogP contribution in [0.25, 0.3) is 0 Å². The summed E-state index contributed by atoms with van der Waals surface area (Å²) in [5.41, 5.74) is 0. The maximum atomic E-state index is 11.8. The molecule has 0 aromatic heterocycles. The van der Waals surface area contributed by atoms with Crippen LogP contribution in [0.5, 0.6) is 0 Å². The normalized spacial score (nSPS) is 15.3. The molecule has 9 heteroatoms. The topological polar surface area (TPSA) is 0 Å². The molecule has 0 aliphatic rings. The molecule has 0 saturated carbocycles. The molecule has 0 radical (unpaired) electrons. The highest BCUT2D eigenvalue weighted by molar-refractivity contribution is 7.61. The molecular formula is C2H6F6Si3. The largest absolute Gasteiger partial charge is 0.588 e. The van der Waals surface area contributed by atoms with Crippen LogP contribution < -0.4 is 0 Å². The van der Waals surface area contributed by atoms with Gasteiger partial charge in [0.05, 0.1) is 0 Å². The van der Waals surface area contributed by atoms with E-state index in [1.807, 2.05) is 0 Å². The fraction of sp³-hybridized carbons (Fsp3) is 1.00. The summed E-state index contributed by atoms with van der Waals surface area (Å²) in [6, 6.07) is 0. The van der Waals surface area contributed by atoms with Crippen molar-refractivity contribution in [1.29, 1.82) is 0 Å². The van der Waals surface area contributed by atoms with Crippen molar-refractivity contribution in [3.05, 3.63) is 0 Å². The van der Waals surface area contributed by atoms with E-state index in [0.29, 0.717) is 13.1 Å². The van der Waals surface area contributed by atoms with Gasteiger partial charge in [0.15, 0.2) is 0 Å². The molecule has 0 unspecified atom stereocenters. The number of halogens is 6. The van der Waals surface area contributed by atoms with Crippen molar-refractivity contribution in [3.8, 4) is 0 Å². The molecule has 0 aliphatic carbocycles. The number of hydrogen-bond acceptors (Lipinski definition) is 0. The predicted molar refractivity (Wildman–Crippen MR) is 35.6 cm³/mol. The van der Waals surface area contributed by atoms with Gasteiger partial charge in [0.25, 0.3) is 7.11 Å². The zero-order valence-electron chi connectivity index (χ0n) is 5.77. The van der Waals surface area contributed by atoms with Gasteiger partial charge >= 0.3 is 17.2 Å². The Morgan fingerprint density at radius 3 is 0.818 bits per heavy atom. The van der Waals surface area contributed by atoms with Crippen molar-refractivity contribution < 1.29 is 24.6 Å². The molecule has 0 spiro atoms. The van der Waals surface area contributed by atoms with Gasteiger partial charge in [-0.25, -0.2) is 24.6 Å². The molecular weight excluding hydrogens is 222 g/mol. The molecule has 0 nitrogen and oxygen atoms in total. The van der Waals surface area contributed by atoms with Crippen molar-refractivity contribution in [1.82, 2.24) is 0 Å². The molecule has 0 fully saturated rings. The van der Waals surface area contributed by atoms with E-state index in [2.05, 4.69) is 0 Å². The van der Waals surface area contributed by atoms with E-state index in [1.165, 1.54) is 0 Å². The molecule has 0 aromatic rings. The van der Waals surface area contributed by atoms with E-state index in [0.717, 1.165) is 0 Å². The fourth-order valence-electron chi connectivity index (χ4n) is 0.161. The second-order valence-corrected chi connectivity index (χ2v) is 20.3. The molecule has 0 aliphatic heterocycles. The Kier molecular flexibility index (Phi) is 2.68. The number of hydrogen-bond donors (Lipinski definition) is 0. The van der Waals surface area contributed by atoms with Crippen LogP contribution in [-0.2, 0) is 0 Å². The van der Waals surface area contributed by atoms with Crippen LogP contribution in [-0.4, -0.2) is 24.3 Å². The van der Waals surface area contributed by atoms with Gasteiger partial charge < -0.3 is 0 Å². The highest BCUT2D eigenvalue weighted by Gasteiger charge is 2.74. The first-order chi connectivity index (χ1) is 4.50. The number of rotatable bonds is 2. The third kappa shape index (κ3) is 2.09. The van der Waals surface area contributed by atoms with Crippen molar-refractivity contribution in [2.24, 2.45) is 0 Å². The third-order valence-corrected chi connectivity index (χ3v) is 17.9. The predicted octanol–water partition coefficient (Wildman–Crippen LogP) is 2.55. The summed E-state index contributed by atoms with van der Waals surface area (Å²) < 4.78 is 71.1. The van der Waals surface area contributed by atoms with Crippen molar-refractivity contribution in [3.63, 3.8) is 0 Å². The minimum Gasteiger partial charge on any atom is -0.241 e. The smallest absolute Gasteiger partial charge is 0.241 e. The lowest BCUT2D eigenvalue weighted by molar-refractivity contribution is 0.488. The molecule has 68 valence electrons. The van der Waals surface area contributed by atoms with Crippen molar-refractivity contribution in [2.75, 3.05) is 0 Å². The summed E-state index contributed by atoms with van der Waals surface area (Å²) in [7, 11) is -17.7. The van der Waals surface area contributed by atoms with Crippen LogP contribution in [0.3, 0.4) is 0 Å². The summed E-state index contributed by atoms with van der Waals surface area (Å²) in [6.07, 6.45) is 0. The van der Waals surface area contributed by atoms with E-state index in [9.17, 15) is 24.6 Å². The first-order valence-corrected chi connectivity index (χ1v) is 10.9. The van der Waals surface area contributed by atoms with E-state index in [1.54, 1.807) is 0 Å². The summed E-state index contributed by atoms with van der Waals surface area (Å²) in [6.45, 7) is 0.733. The lowest BCUT2D eigenvalue weighted by atomic mass is 11.9. The Bertz CT molecular complexity index is 127. The van der Waals surface area contributed by atoms with E-state index < -0.39 is 24.3 Å². The van der Waals surface area contributed by atoms with Gasteiger partial charge in [-0.3, -0.25) is 0 Å². The Morgan fingerprint density at radius 1 is 0.636 bits per heavy atom. The minimum atomic E-state index is -6.44. The van der Waals surface area contributed by atoms with E-state index in [4.69, 9.17) is 0 Å². The molecule has 0 bridgehead atoms. The van der Waals surface area contributed by atoms with Gasteiger partial charge in [0, 0.05) is 0 Å². The Labute approximate surface area is 62.9 Å². The zero-order chi connectivity index (χ0) is 9.50. The molecule has 0 aromatic carbocycles. The lowest BCUT2D eigenvalue weighted by Gasteiger charge is -2.21. The molecule has 0 heterocycles. The summed E-state index contributed by atoms with van der Waals surface area (Å²) in [5.74, 6) is 0. The highest BCUT2D eigenvalue weighted by Crippen LogP contribution is 2.33. The monoisotopic (exact) mass is 228 g/mol. The molecule has 0 saturated heterocycles. The molecule has 0 atom stereocenters. The average Bonchev–Trinajstić information content (AvgIpc) is 1.58. The van der Waals surface area contributed by atoms with Crippen LogP contribution in [0.15, 0.2) is 0 Å². The van der Waals surface area contributed by atoms with Crippen LogP contribution in [0.4, 0.5) is 24.6 Å². The maximum Gasteiger partial charge on any atom is 0.588 e. The van der Waals surface area contributed by atoms with Crippen molar-refractivity contribution >= 4 is 24.3 Å². The van der Waals surface area contributed by atoms with Crippen LogP contribution in [0.2, 0.25) is 13.1 Å². The van der Waals surface area contributed by atoms with Gasteiger partial charge in [-0.1, -0.05) is 13.1 Å². The van der Waals surface area contributed by atoms with Gasteiger partial charge in [-0.05, 0) is 0 Å². The second kappa shape index (κ2) is 2.62. The Hall–Kier alpha value is 0.231. The summed E-state index contributed by atoms with van der Waals surface area (Å²) >= 11 is 0. The molecule has 0 N–H and O–H groups in total. The lowest BCUT2D eigenvalue weighted by Crippen LogP contribution is -2.64. The molecule has 11 heavy (non-hydrogen) atoms. The average molecular weight is 228 g/mol. The van der Waals surface area contributed by atoms with Gasteiger partial charge in [0.1, 0.15) is 0 Å². The van der Waals surface area contributed by atoms with E-state index >= 15 is 0 Å².